The molecule has 0 fully saturated rings. The van der Waals surface area contributed by atoms with Gasteiger partial charge in [0.2, 0.25) is 11.8 Å². The molecule has 9 nitrogen and oxygen atoms in total. The Morgan fingerprint density at radius 1 is 0.554 bits per heavy atom. The number of carboxylic acid groups (broad SMARTS) is 1. The van der Waals surface area contributed by atoms with Gasteiger partial charge in [-0.25, -0.2) is 4.79 Å². The first-order chi connectivity index (χ1) is 27.3. The van der Waals surface area contributed by atoms with Gasteiger partial charge < -0.3 is 25.6 Å². The molecule has 0 saturated carbocycles. The minimum Gasteiger partial charge on any atom is -0.480 e. The summed E-state index contributed by atoms with van der Waals surface area (Å²) < 4.78 is 5.89. The van der Waals surface area contributed by atoms with Crippen molar-refractivity contribution in [3.8, 4) is 0 Å². The van der Waals surface area contributed by atoms with Crippen molar-refractivity contribution in [1.29, 1.82) is 0 Å². The van der Waals surface area contributed by atoms with E-state index in [9.17, 15) is 19.2 Å². The van der Waals surface area contributed by atoms with Gasteiger partial charge in [-0.15, -0.1) is 0 Å². The van der Waals surface area contributed by atoms with Crippen LogP contribution in [0.5, 0.6) is 0 Å². The third kappa shape index (κ3) is 38.0. The number of hydrogen-bond donors (Lipinski definition) is 4. The first kappa shape index (κ1) is 53.1. The molecule has 0 rings (SSSR count). The van der Waals surface area contributed by atoms with Gasteiger partial charge in [-0.05, 0) is 51.0 Å². The van der Waals surface area contributed by atoms with E-state index in [0.717, 1.165) is 57.8 Å². The largest absolute Gasteiger partial charge is 0.480 e. The summed E-state index contributed by atoms with van der Waals surface area (Å²) in [5, 5.41) is 22.5. The summed E-state index contributed by atoms with van der Waals surface area (Å²) in [6.07, 6.45) is 47.9. The van der Waals surface area contributed by atoms with Crippen molar-refractivity contribution in [3.63, 3.8) is 0 Å². The van der Waals surface area contributed by atoms with Gasteiger partial charge in [-0.1, -0.05) is 185 Å². The standard InChI is InChI=1S/C47H84N2O7/c1-3-5-7-9-11-13-14-15-16-17-18-19-20-21-22-23-24-25-27-29-35-39-46(53)56-42(36-32-28-26-12-10-8-6-4-2)37-33-30-31-34-38-44(51)48-40-45(52)49-43(41-50)47(54)55/h6,8,12,26,32,36,42-43,50H,3-5,7,9-11,13-25,27-31,33-35,37-41H2,1-2H3,(H,48,51)(H,49,52)(H,54,55)/b8-6-,26-12-,36-32-. The first-order valence-corrected chi connectivity index (χ1v) is 22.9. The van der Waals surface area contributed by atoms with Crippen molar-refractivity contribution in [2.75, 3.05) is 13.2 Å². The maximum atomic E-state index is 12.7. The van der Waals surface area contributed by atoms with Gasteiger partial charge in [0.15, 0.2) is 0 Å². The Morgan fingerprint density at radius 2 is 1.00 bits per heavy atom. The zero-order valence-corrected chi connectivity index (χ0v) is 35.9. The summed E-state index contributed by atoms with van der Waals surface area (Å²) in [4.78, 5) is 47.5. The van der Waals surface area contributed by atoms with Crippen LogP contribution in [0, 0.1) is 0 Å². The predicted octanol–water partition coefficient (Wildman–Crippen LogP) is 11.4. The van der Waals surface area contributed by atoms with E-state index in [2.05, 4.69) is 54.9 Å². The fraction of sp³-hybridized carbons (Fsp3) is 0.787. The van der Waals surface area contributed by atoms with E-state index in [1.165, 1.54) is 122 Å². The SMILES string of the molecule is CC/C=C\C/C=C\C/C=C\C(CCCCCCC(=O)NCC(=O)NC(CO)C(=O)O)OC(=O)CCCCCCCCCCCCCCCCCCCCCCC. The molecule has 0 aromatic carbocycles. The summed E-state index contributed by atoms with van der Waals surface area (Å²) in [6.45, 7) is 3.34. The number of esters is 1. The van der Waals surface area contributed by atoms with E-state index in [0.29, 0.717) is 12.8 Å². The Labute approximate surface area is 342 Å². The number of hydrogen-bond acceptors (Lipinski definition) is 6. The summed E-state index contributed by atoms with van der Waals surface area (Å²) in [7, 11) is 0. The number of allylic oxidation sites excluding steroid dienone is 5. The zero-order chi connectivity index (χ0) is 41.2. The second kappa shape index (κ2) is 41.7. The Kier molecular flexibility index (Phi) is 39.5. The van der Waals surface area contributed by atoms with Crippen molar-refractivity contribution in [2.45, 2.75) is 225 Å². The molecule has 0 aliphatic carbocycles. The number of aliphatic carboxylic acids is 1. The molecule has 2 atom stereocenters. The summed E-state index contributed by atoms with van der Waals surface area (Å²) in [6, 6.07) is -1.39. The molecule has 0 aromatic heterocycles. The van der Waals surface area contributed by atoms with Crippen molar-refractivity contribution in [3.05, 3.63) is 36.5 Å². The van der Waals surface area contributed by atoms with Crippen LogP contribution in [-0.4, -0.2) is 59.3 Å². The van der Waals surface area contributed by atoms with Crippen LogP contribution in [0.25, 0.3) is 0 Å². The van der Waals surface area contributed by atoms with Crippen LogP contribution >= 0.6 is 0 Å². The van der Waals surface area contributed by atoms with Gasteiger partial charge in [0.25, 0.3) is 0 Å². The van der Waals surface area contributed by atoms with Gasteiger partial charge in [-0.3, -0.25) is 14.4 Å². The van der Waals surface area contributed by atoms with Crippen LogP contribution in [0.3, 0.4) is 0 Å². The number of amides is 2. The maximum absolute atomic E-state index is 12.7. The highest BCUT2D eigenvalue weighted by atomic mass is 16.5. The molecule has 0 aliphatic rings. The Hall–Kier alpha value is -2.94. The highest BCUT2D eigenvalue weighted by Gasteiger charge is 2.18. The molecular weight excluding hydrogens is 705 g/mol. The lowest BCUT2D eigenvalue weighted by Crippen LogP contribution is -2.47. The molecule has 56 heavy (non-hydrogen) atoms. The minimum atomic E-state index is -1.39. The third-order valence-corrected chi connectivity index (χ3v) is 10.1. The summed E-state index contributed by atoms with van der Waals surface area (Å²) in [5.41, 5.74) is 0. The van der Waals surface area contributed by atoms with Crippen LogP contribution < -0.4 is 10.6 Å². The number of aliphatic hydroxyl groups is 1. The molecule has 9 heteroatoms. The fourth-order valence-electron chi connectivity index (χ4n) is 6.65. The number of rotatable bonds is 41. The number of carboxylic acids is 1. The van der Waals surface area contributed by atoms with Crippen LogP contribution in [0.15, 0.2) is 36.5 Å². The van der Waals surface area contributed by atoms with E-state index < -0.39 is 24.5 Å². The Morgan fingerprint density at radius 3 is 1.48 bits per heavy atom. The lowest BCUT2D eigenvalue weighted by molar-refractivity contribution is -0.147. The molecule has 0 saturated heterocycles. The monoisotopic (exact) mass is 789 g/mol. The molecule has 0 radical (unpaired) electrons. The molecule has 2 unspecified atom stereocenters. The van der Waals surface area contributed by atoms with Gasteiger partial charge in [0, 0.05) is 12.8 Å². The van der Waals surface area contributed by atoms with E-state index in [4.69, 9.17) is 14.9 Å². The lowest BCUT2D eigenvalue weighted by Gasteiger charge is -2.15. The third-order valence-electron chi connectivity index (χ3n) is 10.1. The summed E-state index contributed by atoms with van der Waals surface area (Å²) >= 11 is 0. The summed E-state index contributed by atoms with van der Waals surface area (Å²) in [5.74, 6) is -2.43. The van der Waals surface area contributed by atoms with Crippen LogP contribution in [0.4, 0.5) is 0 Å². The zero-order valence-electron chi connectivity index (χ0n) is 35.9. The van der Waals surface area contributed by atoms with Gasteiger partial charge in [-0.2, -0.15) is 0 Å². The van der Waals surface area contributed by atoms with E-state index >= 15 is 0 Å². The molecule has 0 spiro atoms. The van der Waals surface area contributed by atoms with Crippen molar-refractivity contribution < 1.29 is 34.1 Å². The predicted molar refractivity (Wildman–Crippen MR) is 231 cm³/mol. The number of nitrogens with one attached hydrogen (secondary N) is 2. The van der Waals surface area contributed by atoms with Crippen molar-refractivity contribution in [1.82, 2.24) is 10.6 Å². The van der Waals surface area contributed by atoms with E-state index in [1.54, 1.807) is 0 Å². The molecule has 0 aromatic rings. The normalized spacial score (nSPS) is 12.8. The number of carbonyl (C=O) groups is 4. The second-order valence-corrected chi connectivity index (χ2v) is 15.5. The van der Waals surface area contributed by atoms with Crippen LogP contribution in [0.1, 0.15) is 213 Å². The van der Waals surface area contributed by atoms with Gasteiger partial charge in [0.1, 0.15) is 12.1 Å². The number of ether oxygens (including phenoxy) is 1. The number of carbonyl (C=O) groups excluding carboxylic acids is 3. The topological polar surface area (TPSA) is 142 Å². The molecule has 0 aliphatic heterocycles. The molecule has 2 amide bonds. The number of aliphatic hydroxyl groups excluding tert-OH is 1. The van der Waals surface area contributed by atoms with Gasteiger partial charge in [0.05, 0.1) is 13.2 Å². The molecule has 0 bridgehead atoms. The molecule has 4 N–H and O–H groups in total. The minimum absolute atomic E-state index is 0.132. The maximum Gasteiger partial charge on any atom is 0.328 e. The Bertz CT molecular complexity index is 1040. The highest BCUT2D eigenvalue weighted by molar-refractivity contribution is 5.87. The van der Waals surface area contributed by atoms with E-state index in [1.807, 2.05) is 6.08 Å². The van der Waals surface area contributed by atoms with Crippen LogP contribution in [0.2, 0.25) is 0 Å². The first-order valence-electron chi connectivity index (χ1n) is 22.9. The van der Waals surface area contributed by atoms with Gasteiger partial charge >= 0.3 is 11.9 Å². The quantitative estimate of drug-likeness (QED) is 0.0274. The van der Waals surface area contributed by atoms with Crippen molar-refractivity contribution in [2.24, 2.45) is 0 Å². The lowest BCUT2D eigenvalue weighted by atomic mass is 10.0. The smallest absolute Gasteiger partial charge is 0.328 e. The van der Waals surface area contributed by atoms with Crippen molar-refractivity contribution >= 4 is 23.8 Å². The molecule has 324 valence electrons. The second-order valence-electron chi connectivity index (χ2n) is 15.5. The molecule has 0 heterocycles. The fourth-order valence-corrected chi connectivity index (χ4v) is 6.65. The van der Waals surface area contributed by atoms with Crippen LogP contribution in [-0.2, 0) is 23.9 Å². The number of unbranched alkanes of at least 4 members (excludes halogenated alkanes) is 23. The van der Waals surface area contributed by atoms with E-state index in [-0.39, 0.29) is 30.9 Å². The Balaban J connectivity index is 4.14. The highest BCUT2D eigenvalue weighted by Crippen LogP contribution is 2.17. The molecular formula is C47H84N2O7. The average molecular weight is 789 g/mol. The average Bonchev–Trinajstić information content (AvgIpc) is 3.18.